The van der Waals surface area contributed by atoms with E-state index in [0.29, 0.717) is 15.9 Å². The Morgan fingerprint density at radius 1 is 1.33 bits per heavy atom. The number of aryl methyl sites for hydroxylation is 3. The van der Waals surface area contributed by atoms with Gasteiger partial charge in [-0.15, -0.1) is 11.3 Å². The van der Waals surface area contributed by atoms with Crippen molar-refractivity contribution in [3.8, 4) is 0 Å². The van der Waals surface area contributed by atoms with Gasteiger partial charge < -0.3 is 0 Å². The zero-order chi connectivity index (χ0) is 17.5. The zero-order valence-corrected chi connectivity index (χ0v) is 17.2. The first-order valence-electron chi connectivity index (χ1n) is 8.08. The van der Waals surface area contributed by atoms with E-state index >= 15 is 0 Å². The molecule has 0 bridgehead atoms. The lowest BCUT2D eigenvalue weighted by molar-refractivity contribution is 0.446. The number of anilines is 1. The summed E-state index contributed by atoms with van der Waals surface area (Å²) in [5.74, 6) is 0.693. The summed E-state index contributed by atoms with van der Waals surface area (Å²) in [6.07, 6.45) is 4.27. The Hall–Kier alpha value is -0.920. The largest absolute Gasteiger partial charge is 0.264 e. The molecule has 130 valence electrons. The summed E-state index contributed by atoms with van der Waals surface area (Å²) in [6, 6.07) is 3.64. The van der Waals surface area contributed by atoms with Crippen molar-refractivity contribution in [2.45, 2.75) is 51.3 Å². The minimum absolute atomic E-state index is 0.338. The van der Waals surface area contributed by atoms with E-state index in [1.807, 2.05) is 26.0 Å². The van der Waals surface area contributed by atoms with Crippen LogP contribution < -0.4 is 4.72 Å². The Labute approximate surface area is 155 Å². The number of nitrogens with zero attached hydrogens (tertiary/aromatic N) is 1. The monoisotopic (exact) mass is 428 g/mol. The summed E-state index contributed by atoms with van der Waals surface area (Å²) in [7, 11) is -3.63. The SMILES string of the molecule is CCC1CCc2nc(NS(=O)(=O)c3c(C)cc(Br)cc3C)sc2C1. The molecule has 0 amide bonds. The van der Waals surface area contributed by atoms with Crippen LogP contribution in [0.5, 0.6) is 0 Å². The van der Waals surface area contributed by atoms with Gasteiger partial charge in [-0.1, -0.05) is 29.3 Å². The molecule has 1 aliphatic carbocycles. The highest BCUT2D eigenvalue weighted by atomic mass is 79.9. The standard InChI is InChI=1S/C17H21BrN2O2S2/c1-4-12-5-6-14-15(9-12)23-17(19-14)20-24(21,22)16-10(2)7-13(18)8-11(16)3/h7-8,12H,4-6,9H2,1-3H3,(H,19,20). The van der Waals surface area contributed by atoms with Gasteiger partial charge in [0.2, 0.25) is 0 Å². The van der Waals surface area contributed by atoms with Gasteiger partial charge >= 0.3 is 0 Å². The summed E-state index contributed by atoms with van der Waals surface area (Å²) in [6.45, 7) is 5.83. The van der Waals surface area contributed by atoms with Gasteiger partial charge in [0, 0.05) is 9.35 Å². The third kappa shape index (κ3) is 3.53. The molecule has 0 radical (unpaired) electrons. The maximum atomic E-state index is 12.8. The minimum Gasteiger partial charge on any atom is -0.255 e. The summed E-state index contributed by atoms with van der Waals surface area (Å²) in [5, 5.41) is 0.485. The summed E-state index contributed by atoms with van der Waals surface area (Å²) in [4.78, 5) is 6.10. The fraction of sp³-hybridized carbons (Fsp3) is 0.471. The summed E-state index contributed by atoms with van der Waals surface area (Å²) >= 11 is 4.89. The smallest absolute Gasteiger partial charge is 0.255 e. The van der Waals surface area contributed by atoms with Crippen LogP contribution in [0.2, 0.25) is 0 Å². The Morgan fingerprint density at radius 2 is 2.00 bits per heavy atom. The highest BCUT2D eigenvalue weighted by molar-refractivity contribution is 9.10. The molecular formula is C17H21BrN2O2S2. The van der Waals surface area contributed by atoms with Crippen LogP contribution in [0.25, 0.3) is 0 Å². The van der Waals surface area contributed by atoms with Crippen LogP contribution >= 0.6 is 27.3 Å². The van der Waals surface area contributed by atoms with Crippen molar-refractivity contribution < 1.29 is 8.42 Å². The number of benzene rings is 1. The number of rotatable bonds is 4. The molecule has 0 saturated carbocycles. The molecular weight excluding hydrogens is 408 g/mol. The van der Waals surface area contributed by atoms with Gasteiger partial charge in [0.1, 0.15) is 0 Å². The van der Waals surface area contributed by atoms with Crippen LogP contribution in [0.1, 0.15) is 41.5 Å². The van der Waals surface area contributed by atoms with Crippen molar-refractivity contribution in [2.24, 2.45) is 5.92 Å². The molecule has 0 spiro atoms. The van der Waals surface area contributed by atoms with Gasteiger partial charge in [-0.25, -0.2) is 13.4 Å². The number of hydrogen-bond acceptors (Lipinski definition) is 4. The second-order valence-corrected chi connectivity index (χ2v) is 10.00. The molecule has 1 unspecified atom stereocenters. The maximum absolute atomic E-state index is 12.8. The van der Waals surface area contributed by atoms with E-state index in [0.717, 1.165) is 47.0 Å². The van der Waals surface area contributed by atoms with E-state index in [-0.39, 0.29) is 0 Å². The Kier molecular flexibility index (Phi) is 5.04. The average Bonchev–Trinajstić information content (AvgIpc) is 2.85. The fourth-order valence-corrected chi connectivity index (χ4v) is 6.82. The van der Waals surface area contributed by atoms with E-state index in [4.69, 9.17) is 0 Å². The lowest BCUT2D eigenvalue weighted by Crippen LogP contribution is -2.15. The van der Waals surface area contributed by atoms with Crippen LogP contribution in [0.4, 0.5) is 5.13 Å². The van der Waals surface area contributed by atoms with Gasteiger partial charge in [-0.2, -0.15) is 0 Å². The van der Waals surface area contributed by atoms with Crippen molar-refractivity contribution in [2.75, 3.05) is 4.72 Å². The lowest BCUT2D eigenvalue weighted by Gasteiger charge is -2.18. The summed E-state index contributed by atoms with van der Waals surface area (Å²) in [5.41, 5.74) is 2.51. The van der Waals surface area contributed by atoms with E-state index < -0.39 is 10.0 Å². The molecule has 1 heterocycles. The molecule has 1 N–H and O–H groups in total. The first kappa shape index (κ1) is 17.9. The number of hydrogen-bond donors (Lipinski definition) is 1. The molecule has 0 fully saturated rings. The average molecular weight is 429 g/mol. The molecule has 0 aliphatic heterocycles. The fourth-order valence-electron chi connectivity index (χ4n) is 3.32. The van der Waals surface area contributed by atoms with Gasteiger partial charge in [-0.05, 0) is 62.3 Å². The lowest BCUT2D eigenvalue weighted by atomic mass is 9.89. The van der Waals surface area contributed by atoms with Crippen molar-refractivity contribution in [1.82, 2.24) is 4.98 Å². The molecule has 0 saturated heterocycles. The molecule has 7 heteroatoms. The quantitative estimate of drug-likeness (QED) is 0.757. The van der Waals surface area contributed by atoms with E-state index in [9.17, 15) is 8.42 Å². The van der Waals surface area contributed by atoms with E-state index in [1.165, 1.54) is 16.2 Å². The minimum atomic E-state index is -3.63. The highest BCUT2D eigenvalue weighted by Gasteiger charge is 2.25. The molecule has 1 aliphatic rings. The molecule has 4 nitrogen and oxygen atoms in total. The number of fused-ring (bicyclic) bond motifs is 1. The number of thiazole rings is 1. The third-order valence-electron chi connectivity index (χ3n) is 4.53. The van der Waals surface area contributed by atoms with Crippen LogP contribution in [0.3, 0.4) is 0 Å². The Balaban J connectivity index is 1.90. The van der Waals surface area contributed by atoms with Crippen LogP contribution in [0.15, 0.2) is 21.5 Å². The van der Waals surface area contributed by atoms with Gasteiger partial charge in [0.05, 0.1) is 10.6 Å². The number of aromatic nitrogens is 1. The second-order valence-electron chi connectivity index (χ2n) is 6.38. The molecule has 1 aromatic carbocycles. The zero-order valence-electron chi connectivity index (χ0n) is 14.0. The Bertz CT molecular complexity index is 852. The first-order valence-corrected chi connectivity index (χ1v) is 11.2. The summed E-state index contributed by atoms with van der Waals surface area (Å²) < 4.78 is 29.2. The number of nitrogens with one attached hydrogen (secondary N) is 1. The maximum Gasteiger partial charge on any atom is 0.264 e. The molecule has 3 rings (SSSR count). The third-order valence-corrected chi connectivity index (χ3v) is 7.80. The van der Waals surface area contributed by atoms with Crippen LogP contribution in [-0.4, -0.2) is 13.4 Å². The predicted octanol–water partition coefficient (Wildman–Crippen LogP) is 4.84. The number of sulfonamides is 1. The molecule has 2 aromatic rings. The van der Waals surface area contributed by atoms with Crippen molar-refractivity contribution in [1.29, 1.82) is 0 Å². The predicted molar refractivity (Wildman–Crippen MR) is 102 cm³/mol. The van der Waals surface area contributed by atoms with Gasteiger partial charge in [0.15, 0.2) is 5.13 Å². The van der Waals surface area contributed by atoms with Crippen LogP contribution in [-0.2, 0) is 22.9 Å². The normalized spacial score (nSPS) is 17.6. The molecule has 24 heavy (non-hydrogen) atoms. The second kappa shape index (κ2) is 6.77. The van der Waals surface area contributed by atoms with Gasteiger partial charge in [-0.3, -0.25) is 4.72 Å². The first-order chi connectivity index (χ1) is 11.3. The van der Waals surface area contributed by atoms with Crippen molar-refractivity contribution in [3.63, 3.8) is 0 Å². The number of halogens is 1. The van der Waals surface area contributed by atoms with E-state index in [1.54, 1.807) is 0 Å². The Morgan fingerprint density at radius 3 is 2.62 bits per heavy atom. The van der Waals surface area contributed by atoms with Crippen LogP contribution in [0, 0.1) is 19.8 Å². The molecule has 1 aromatic heterocycles. The molecule has 1 atom stereocenters. The topological polar surface area (TPSA) is 59.1 Å². The highest BCUT2D eigenvalue weighted by Crippen LogP contribution is 2.35. The van der Waals surface area contributed by atoms with Gasteiger partial charge in [0.25, 0.3) is 10.0 Å². The van der Waals surface area contributed by atoms with E-state index in [2.05, 4.69) is 32.6 Å². The van der Waals surface area contributed by atoms with Crippen molar-refractivity contribution in [3.05, 3.63) is 38.3 Å². The van der Waals surface area contributed by atoms with Crippen molar-refractivity contribution >= 4 is 42.4 Å².